The second-order valence-corrected chi connectivity index (χ2v) is 6.16. The molecule has 0 fully saturated rings. The van der Waals surface area contributed by atoms with E-state index in [1.54, 1.807) is 32.0 Å². The Kier molecular flexibility index (Phi) is 7.60. The van der Waals surface area contributed by atoms with Crippen molar-refractivity contribution in [1.29, 1.82) is 0 Å². The van der Waals surface area contributed by atoms with Crippen LogP contribution in [0, 0.1) is 0 Å². The summed E-state index contributed by atoms with van der Waals surface area (Å²) in [7, 11) is 0. The minimum absolute atomic E-state index is 0.0397. The first-order valence-electron chi connectivity index (χ1n) is 8.80. The van der Waals surface area contributed by atoms with Crippen molar-refractivity contribution < 1.29 is 28.5 Å². The fourth-order valence-electron chi connectivity index (χ4n) is 2.30. The lowest BCUT2D eigenvalue weighted by Crippen LogP contribution is -2.12. The van der Waals surface area contributed by atoms with Gasteiger partial charge in [0.25, 0.3) is 0 Å². The summed E-state index contributed by atoms with van der Waals surface area (Å²) in [6.45, 7) is 8.53. The van der Waals surface area contributed by atoms with Crippen LogP contribution >= 0.6 is 11.3 Å². The van der Waals surface area contributed by atoms with Gasteiger partial charge >= 0.3 is 11.9 Å². The molecule has 146 valence electrons. The molecule has 1 heterocycles. The molecule has 27 heavy (non-hydrogen) atoms. The van der Waals surface area contributed by atoms with Gasteiger partial charge in [-0.2, -0.15) is 0 Å². The second kappa shape index (κ2) is 9.91. The van der Waals surface area contributed by atoms with E-state index in [2.05, 4.69) is 4.98 Å². The molecule has 0 aliphatic rings. The summed E-state index contributed by atoms with van der Waals surface area (Å²) < 4.78 is 21.2. The van der Waals surface area contributed by atoms with Crippen LogP contribution in [0.5, 0.6) is 11.5 Å². The molecule has 0 atom stereocenters. The maximum Gasteiger partial charge on any atom is 0.358 e. The van der Waals surface area contributed by atoms with Gasteiger partial charge in [-0.1, -0.05) is 0 Å². The molecule has 2 aromatic rings. The van der Waals surface area contributed by atoms with E-state index < -0.39 is 11.9 Å². The van der Waals surface area contributed by atoms with E-state index in [1.165, 1.54) is 0 Å². The van der Waals surface area contributed by atoms with E-state index in [0.717, 1.165) is 11.3 Å². The molecular weight excluding hydrogens is 370 g/mol. The van der Waals surface area contributed by atoms with Crippen LogP contribution in [-0.4, -0.2) is 43.4 Å². The van der Waals surface area contributed by atoms with Crippen LogP contribution in [0.25, 0.3) is 10.6 Å². The number of thiazole rings is 1. The van der Waals surface area contributed by atoms with Gasteiger partial charge < -0.3 is 18.9 Å². The normalized spacial score (nSPS) is 10.4. The molecule has 1 aromatic heterocycles. The number of ether oxygens (including phenoxy) is 4. The Balaban J connectivity index is 2.48. The second-order valence-electron chi connectivity index (χ2n) is 5.17. The smallest absolute Gasteiger partial charge is 0.358 e. The van der Waals surface area contributed by atoms with Crippen LogP contribution in [-0.2, 0) is 9.47 Å². The summed E-state index contributed by atoms with van der Waals surface area (Å²) in [4.78, 5) is 28.9. The fraction of sp³-hybridized carbons (Fsp3) is 0.421. The Hall–Kier alpha value is -2.61. The average Bonchev–Trinajstić information content (AvgIpc) is 3.09. The van der Waals surface area contributed by atoms with E-state index in [-0.39, 0.29) is 23.8 Å². The van der Waals surface area contributed by atoms with Crippen LogP contribution in [0.3, 0.4) is 0 Å². The minimum atomic E-state index is -0.654. The van der Waals surface area contributed by atoms with Gasteiger partial charge in [0, 0.05) is 5.56 Å². The first-order valence-corrected chi connectivity index (χ1v) is 9.62. The van der Waals surface area contributed by atoms with E-state index in [1.807, 2.05) is 13.8 Å². The highest BCUT2D eigenvalue weighted by molar-refractivity contribution is 7.17. The molecule has 0 unspecified atom stereocenters. The van der Waals surface area contributed by atoms with Crippen LogP contribution in [0.4, 0.5) is 0 Å². The molecule has 1 aromatic carbocycles. The monoisotopic (exact) mass is 393 g/mol. The predicted molar refractivity (Wildman–Crippen MR) is 102 cm³/mol. The maximum absolute atomic E-state index is 12.2. The molecule has 0 spiro atoms. The van der Waals surface area contributed by atoms with Crippen molar-refractivity contribution in [3.63, 3.8) is 0 Å². The van der Waals surface area contributed by atoms with Crippen molar-refractivity contribution in [3.8, 4) is 22.1 Å². The zero-order chi connectivity index (χ0) is 19.8. The van der Waals surface area contributed by atoms with Crippen LogP contribution in [0.1, 0.15) is 47.9 Å². The average molecular weight is 393 g/mol. The molecule has 0 N–H and O–H groups in total. The highest BCUT2D eigenvalue weighted by Crippen LogP contribution is 2.36. The van der Waals surface area contributed by atoms with Crippen molar-refractivity contribution >= 4 is 23.3 Å². The largest absolute Gasteiger partial charge is 0.490 e. The van der Waals surface area contributed by atoms with Gasteiger partial charge in [0.05, 0.1) is 26.4 Å². The highest BCUT2D eigenvalue weighted by atomic mass is 32.1. The summed E-state index contributed by atoms with van der Waals surface area (Å²) in [5.41, 5.74) is 0.662. The third-order valence-corrected chi connectivity index (χ3v) is 4.43. The zero-order valence-electron chi connectivity index (χ0n) is 15.9. The number of rotatable bonds is 9. The Labute approximate surface area is 162 Å². The molecule has 0 amide bonds. The lowest BCUT2D eigenvalue weighted by atomic mass is 10.2. The van der Waals surface area contributed by atoms with Crippen LogP contribution < -0.4 is 9.47 Å². The molecule has 0 aliphatic carbocycles. The number of carbonyl (C=O) groups is 2. The summed E-state index contributed by atoms with van der Waals surface area (Å²) in [6, 6.07) is 5.35. The van der Waals surface area contributed by atoms with Crippen molar-refractivity contribution in [3.05, 3.63) is 28.8 Å². The Morgan fingerprint density at radius 1 is 0.889 bits per heavy atom. The first-order chi connectivity index (χ1) is 13.0. The van der Waals surface area contributed by atoms with Crippen molar-refractivity contribution in [1.82, 2.24) is 4.98 Å². The molecule has 0 saturated heterocycles. The van der Waals surface area contributed by atoms with E-state index in [4.69, 9.17) is 18.9 Å². The summed E-state index contributed by atoms with van der Waals surface area (Å²) in [5, 5.41) is 0.491. The van der Waals surface area contributed by atoms with E-state index in [9.17, 15) is 9.59 Å². The van der Waals surface area contributed by atoms with Gasteiger partial charge in [-0.3, -0.25) is 0 Å². The summed E-state index contributed by atoms with van der Waals surface area (Å²) >= 11 is 1.08. The van der Waals surface area contributed by atoms with Gasteiger partial charge in [-0.15, -0.1) is 11.3 Å². The Morgan fingerprint density at radius 2 is 1.52 bits per heavy atom. The van der Waals surface area contributed by atoms with Crippen LogP contribution in [0.15, 0.2) is 18.2 Å². The number of hydrogen-bond acceptors (Lipinski definition) is 8. The van der Waals surface area contributed by atoms with Gasteiger partial charge in [0.15, 0.2) is 17.2 Å². The molecule has 0 bridgehead atoms. The SMILES string of the molecule is CCOC(=O)c1nc(-c2ccc(OCC)c(OCC)c2)sc1C(=O)OCC. The fourth-order valence-corrected chi connectivity index (χ4v) is 3.24. The maximum atomic E-state index is 12.2. The molecule has 8 heteroatoms. The predicted octanol–water partition coefficient (Wildman–Crippen LogP) is 3.96. The number of carbonyl (C=O) groups excluding carboxylic acids is 2. The molecule has 2 rings (SSSR count). The topological polar surface area (TPSA) is 84.0 Å². The lowest BCUT2D eigenvalue weighted by molar-refractivity contribution is 0.0479. The van der Waals surface area contributed by atoms with Gasteiger partial charge in [-0.05, 0) is 45.9 Å². The first kappa shape index (κ1) is 20.7. The van der Waals surface area contributed by atoms with Gasteiger partial charge in [-0.25, -0.2) is 14.6 Å². The minimum Gasteiger partial charge on any atom is -0.490 e. The number of hydrogen-bond donors (Lipinski definition) is 0. The van der Waals surface area contributed by atoms with Gasteiger partial charge in [0.2, 0.25) is 0 Å². The van der Waals surface area contributed by atoms with Crippen molar-refractivity contribution in [2.75, 3.05) is 26.4 Å². The summed E-state index contributed by atoms with van der Waals surface area (Å²) in [6.07, 6.45) is 0. The Morgan fingerprint density at radius 3 is 2.15 bits per heavy atom. The third kappa shape index (κ3) is 4.97. The van der Waals surface area contributed by atoms with Gasteiger partial charge in [0.1, 0.15) is 9.88 Å². The number of esters is 2. The quantitative estimate of drug-likeness (QED) is 0.596. The number of benzene rings is 1. The molecule has 0 radical (unpaired) electrons. The molecule has 0 saturated carbocycles. The van der Waals surface area contributed by atoms with Crippen molar-refractivity contribution in [2.45, 2.75) is 27.7 Å². The molecule has 7 nitrogen and oxygen atoms in total. The van der Waals surface area contributed by atoms with E-state index in [0.29, 0.717) is 35.3 Å². The lowest BCUT2D eigenvalue weighted by Gasteiger charge is -2.11. The van der Waals surface area contributed by atoms with Crippen LogP contribution in [0.2, 0.25) is 0 Å². The number of nitrogens with zero attached hydrogens (tertiary/aromatic N) is 1. The third-order valence-electron chi connectivity index (χ3n) is 3.35. The number of aromatic nitrogens is 1. The zero-order valence-corrected chi connectivity index (χ0v) is 16.7. The van der Waals surface area contributed by atoms with E-state index >= 15 is 0 Å². The van der Waals surface area contributed by atoms with Crippen molar-refractivity contribution in [2.24, 2.45) is 0 Å². The summed E-state index contributed by atoms with van der Waals surface area (Å²) in [5.74, 6) is -0.0578. The highest BCUT2D eigenvalue weighted by Gasteiger charge is 2.26. The molecule has 0 aliphatic heterocycles. The molecular formula is C19H23NO6S. The Bertz CT molecular complexity index is 766. The standard InChI is InChI=1S/C19H23NO6S/c1-5-23-13-10-9-12(11-14(13)24-6-2)17-20-15(18(21)25-7-3)16(27-17)19(22)26-8-4/h9-11H,5-8H2,1-4H3.